The smallest absolute Gasteiger partial charge is 0.387 e. The van der Waals surface area contributed by atoms with E-state index >= 15 is 0 Å². The van der Waals surface area contributed by atoms with E-state index in [1.54, 1.807) is 0 Å². The van der Waals surface area contributed by atoms with E-state index in [0.717, 1.165) is 24.1 Å². The molecule has 1 aliphatic carbocycles. The maximum Gasteiger partial charge on any atom is 0.387 e. The summed E-state index contributed by atoms with van der Waals surface area (Å²) >= 11 is 1.35. The quantitative estimate of drug-likeness (QED) is 0.612. The number of aromatic nitrogens is 1. The Kier molecular flexibility index (Phi) is 5.34. The largest absolute Gasteiger partial charge is 0.435 e. The Morgan fingerprint density at radius 1 is 1.07 bits per heavy atom. The van der Waals surface area contributed by atoms with Crippen LogP contribution < -0.4 is 10.1 Å². The van der Waals surface area contributed by atoms with Crippen LogP contribution in [0.1, 0.15) is 34.3 Å². The van der Waals surface area contributed by atoms with Crippen molar-refractivity contribution in [2.45, 2.75) is 32.3 Å². The van der Waals surface area contributed by atoms with E-state index in [1.165, 1.54) is 59.6 Å². The number of fused-ring (bicyclic) bond motifs is 1. The van der Waals surface area contributed by atoms with Crippen molar-refractivity contribution in [3.8, 4) is 17.0 Å². The molecule has 0 radical (unpaired) electrons. The molecule has 0 bridgehead atoms. The first-order valence-electron chi connectivity index (χ1n) is 9.02. The highest BCUT2D eigenvalue weighted by molar-refractivity contribution is 7.14. The van der Waals surface area contributed by atoms with E-state index in [4.69, 9.17) is 0 Å². The van der Waals surface area contributed by atoms with Crippen LogP contribution in [0.5, 0.6) is 5.75 Å². The maximum absolute atomic E-state index is 12.4. The zero-order chi connectivity index (χ0) is 19.5. The molecule has 0 saturated heterocycles. The highest BCUT2D eigenvalue weighted by atomic mass is 32.1. The first-order valence-corrected chi connectivity index (χ1v) is 9.90. The Morgan fingerprint density at radius 2 is 1.82 bits per heavy atom. The summed E-state index contributed by atoms with van der Waals surface area (Å²) < 4.78 is 28.7. The third kappa shape index (κ3) is 4.20. The summed E-state index contributed by atoms with van der Waals surface area (Å²) in [6.07, 6.45) is 4.70. The van der Waals surface area contributed by atoms with Gasteiger partial charge in [-0.25, -0.2) is 4.98 Å². The molecule has 144 valence electrons. The van der Waals surface area contributed by atoms with Crippen molar-refractivity contribution in [3.05, 3.63) is 64.5 Å². The van der Waals surface area contributed by atoms with Crippen molar-refractivity contribution in [2.75, 3.05) is 5.32 Å². The molecule has 0 unspecified atom stereocenters. The average molecular weight is 400 g/mol. The molecule has 0 atom stereocenters. The van der Waals surface area contributed by atoms with E-state index in [0.29, 0.717) is 10.7 Å². The molecule has 0 fully saturated rings. The van der Waals surface area contributed by atoms with Crippen LogP contribution in [-0.4, -0.2) is 17.5 Å². The Balaban J connectivity index is 1.45. The van der Waals surface area contributed by atoms with Crippen LogP contribution in [0.3, 0.4) is 0 Å². The minimum atomic E-state index is -2.89. The van der Waals surface area contributed by atoms with Gasteiger partial charge in [-0.2, -0.15) is 8.78 Å². The second-order valence-corrected chi connectivity index (χ2v) is 7.44. The molecule has 0 spiro atoms. The number of hydrogen-bond donors (Lipinski definition) is 1. The zero-order valence-corrected chi connectivity index (χ0v) is 15.8. The number of anilines is 1. The number of amides is 1. The molecular formula is C21H18F2N2O2S. The first kappa shape index (κ1) is 18.6. The molecule has 0 aliphatic heterocycles. The molecule has 2 aromatic carbocycles. The predicted molar refractivity (Wildman–Crippen MR) is 105 cm³/mol. The van der Waals surface area contributed by atoms with Crippen molar-refractivity contribution < 1.29 is 18.3 Å². The van der Waals surface area contributed by atoms with Gasteiger partial charge in [-0.1, -0.05) is 12.1 Å². The van der Waals surface area contributed by atoms with Gasteiger partial charge in [0.15, 0.2) is 5.13 Å². The lowest BCUT2D eigenvalue weighted by Crippen LogP contribution is -2.11. The molecule has 0 saturated carbocycles. The topological polar surface area (TPSA) is 51.2 Å². The summed E-state index contributed by atoms with van der Waals surface area (Å²) in [5.41, 5.74) is 5.01. The van der Waals surface area contributed by atoms with E-state index in [1.807, 2.05) is 5.38 Å². The molecule has 28 heavy (non-hydrogen) atoms. The molecule has 1 heterocycles. The lowest BCUT2D eigenvalue weighted by molar-refractivity contribution is -0.0498. The zero-order valence-electron chi connectivity index (χ0n) is 15.0. The Morgan fingerprint density at radius 3 is 2.57 bits per heavy atom. The standard InChI is InChI=1S/C21H18F2N2O2S/c22-20(23)27-17-9-7-14(8-10-17)19(26)25-21-24-18(12-28-21)16-6-5-13-3-1-2-4-15(13)11-16/h5-12,20H,1-4H2,(H,24,25,26). The van der Waals surface area contributed by atoms with Gasteiger partial charge in [0.05, 0.1) is 5.69 Å². The Hall–Kier alpha value is -2.80. The van der Waals surface area contributed by atoms with Gasteiger partial charge in [0.2, 0.25) is 0 Å². The number of hydrogen-bond acceptors (Lipinski definition) is 4. The number of aryl methyl sites for hydroxylation is 2. The van der Waals surface area contributed by atoms with Crippen LogP contribution in [-0.2, 0) is 12.8 Å². The van der Waals surface area contributed by atoms with Crippen LogP contribution in [0.25, 0.3) is 11.3 Å². The number of thiazole rings is 1. The van der Waals surface area contributed by atoms with Crippen molar-refractivity contribution in [1.82, 2.24) is 4.98 Å². The van der Waals surface area contributed by atoms with Gasteiger partial charge in [-0.05, 0) is 67.1 Å². The van der Waals surface area contributed by atoms with Gasteiger partial charge in [-0.3, -0.25) is 10.1 Å². The molecule has 1 aromatic heterocycles. The summed E-state index contributed by atoms with van der Waals surface area (Å²) in [4.78, 5) is 16.9. The third-order valence-electron chi connectivity index (χ3n) is 4.71. The molecule has 1 amide bonds. The number of ether oxygens (including phenoxy) is 1. The van der Waals surface area contributed by atoms with Crippen LogP contribution in [0, 0.1) is 0 Å². The van der Waals surface area contributed by atoms with Crippen molar-refractivity contribution in [2.24, 2.45) is 0 Å². The average Bonchev–Trinajstić information content (AvgIpc) is 3.16. The summed E-state index contributed by atoms with van der Waals surface area (Å²) in [5, 5.41) is 5.16. The van der Waals surface area contributed by atoms with Crippen molar-refractivity contribution in [3.63, 3.8) is 0 Å². The highest BCUT2D eigenvalue weighted by Crippen LogP contribution is 2.30. The highest BCUT2D eigenvalue weighted by Gasteiger charge is 2.14. The molecule has 1 N–H and O–H groups in total. The fraction of sp³-hybridized carbons (Fsp3) is 0.238. The normalized spacial score (nSPS) is 13.2. The van der Waals surface area contributed by atoms with Crippen LogP contribution in [0.15, 0.2) is 47.8 Å². The lowest BCUT2D eigenvalue weighted by atomic mass is 9.90. The monoisotopic (exact) mass is 400 g/mol. The Bertz CT molecular complexity index is 986. The first-order chi connectivity index (χ1) is 13.6. The van der Waals surface area contributed by atoms with Gasteiger partial charge in [-0.15, -0.1) is 11.3 Å². The molecule has 3 aromatic rings. The minimum absolute atomic E-state index is 0.00972. The molecule has 4 nitrogen and oxygen atoms in total. The van der Waals surface area contributed by atoms with Gasteiger partial charge in [0, 0.05) is 16.5 Å². The van der Waals surface area contributed by atoms with Gasteiger partial charge in [0.1, 0.15) is 5.75 Å². The predicted octanol–water partition coefficient (Wildman–Crippen LogP) is 5.54. The fourth-order valence-electron chi connectivity index (χ4n) is 3.31. The van der Waals surface area contributed by atoms with Crippen LogP contribution in [0.2, 0.25) is 0 Å². The van der Waals surface area contributed by atoms with E-state index in [9.17, 15) is 13.6 Å². The van der Waals surface area contributed by atoms with E-state index in [2.05, 4.69) is 33.2 Å². The summed E-state index contributed by atoms with van der Waals surface area (Å²) in [6, 6.07) is 12.0. The number of halogens is 2. The third-order valence-corrected chi connectivity index (χ3v) is 5.47. The number of carbonyl (C=O) groups is 1. The second kappa shape index (κ2) is 8.06. The van der Waals surface area contributed by atoms with Crippen LogP contribution >= 0.6 is 11.3 Å². The number of nitrogens with one attached hydrogen (secondary N) is 1. The fourth-order valence-corrected chi connectivity index (χ4v) is 4.03. The summed E-state index contributed by atoms with van der Waals surface area (Å²) in [6.45, 7) is -2.89. The number of carbonyl (C=O) groups excluding carboxylic acids is 1. The Labute approximate surface area is 165 Å². The maximum atomic E-state index is 12.4. The number of nitrogens with zero attached hydrogens (tertiary/aromatic N) is 1. The number of rotatable bonds is 5. The van der Waals surface area contributed by atoms with E-state index in [-0.39, 0.29) is 11.7 Å². The minimum Gasteiger partial charge on any atom is -0.435 e. The summed E-state index contributed by atoms with van der Waals surface area (Å²) in [7, 11) is 0. The lowest BCUT2D eigenvalue weighted by Gasteiger charge is -2.16. The molecular weight excluding hydrogens is 382 g/mol. The SMILES string of the molecule is O=C(Nc1nc(-c2ccc3c(c2)CCCC3)cs1)c1ccc(OC(F)F)cc1. The molecule has 1 aliphatic rings. The molecule has 4 rings (SSSR count). The van der Waals surface area contributed by atoms with Crippen molar-refractivity contribution >= 4 is 22.4 Å². The van der Waals surface area contributed by atoms with Gasteiger partial charge < -0.3 is 4.74 Å². The van der Waals surface area contributed by atoms with Crippen LogP contribution in [0.4, 0.5) is 13.9 Å². The van der Waals surface area contributed by atoms with Crippen molar-refractivity contribution in [1.29, 1.82) is 0 Å². The van der Waals surface area contributed by atoms with Gasteiger partial charge >= 0.3 is 6.61 Å². The number of alkyl halides is 2. The van der Waals surface area contributed by atoms with Gasteiger partial charge in [0.25, 0.3) is 5.91 Å². The number of benzene rings is 2. The molecule has 7 heteroatoms. The van der Waals surface area contributed by atoms with E-state index < -0.39 is 6.61 Å². The summed E-state index contributed by atoms with van der Waals surface area (Å²) in [5.74, 6) is -0.342. The second-order valence-electron chi connectivity index (χ2n) is 6.59.